The minimum Gasteiger partial charge on any atom is -0.495 e. The minimum atomic E-state index is -0.176. The molecule has 1 aromatic rings. The number of nitrogens with one attached hydrogen (secondary N) is 1. The molecule has 0 saturated heterocycles. The van der Waals surface area contributed by atoms with E-state index in [4.69, 9.17) is 22.1 Å². The third-order valence-corrected chi connectivity index (χ3v) is 2.18. The summed E-state index contributed by atoms with van der Waals surface area (Å²) in [6.45, 7) is 1.77. The summed E-state index contributed by atoms with van der Waals surface area (Å²) in [5.41, 5.74) is 6.09. The molecule has 0 aliphatic rings. The zero-order valence-corrected chi connectivity index (χ0v) is 11.3. The molecule has 0 heterocycles. The van der Waals surface area contributed by atoms with Gasteiger partial charge in [-0.2, -0.15) is 0 Å². The van der Waals surface area contributed by atoms with Crippen molar-refractivity contribution in [1.29, 1.82) is 0 Å². The summed E-state index contributed by atoms with van der Waals surface area (Å²) in [5.74, 6) is 0.415. The lowest BCUT2D eigenvalue weighted by molar-refractivity contribution is -0.116. The highest BCUT2D eigenvalue weighted by molar-refractivity contribution is 6.31. The molecule has 1 atom stereocenters. The van der Waals surface area contributed by atoms with Crippen LogP contribution in [-0.2, 0) is 4.79 Å². The minimum absolute atomic E-state index is 0. The molecule has 4 nitrogen and oxygen atoms in total. The van der Waals surface area contributed by atoms with Crippen molar-refractivity contribution < 1.29 is 9.53 Å². The molecule has 96 valence electrons. The Kier molecular flexibility index (Phi) is 6.95. The zero-order chi connectivity index (χ0) is 12.1. The number of hydrogen-bond donors (Lipinski definition) is 2. The lowest BCUT2D eigenvalue weighted by atomic mass is 10.2. The standard InChI is InChI=1S/C11H15ClN2O2.ClH/c1-7(13)5-11(15)14-9-6-8(12)3-4-10(9)16-2;/h3-4,6-7H,5,13H2,1-2H3,(H,14,15);1H. The highest BCUT2D eigenvalue weighted by atomic mass is 35.5. The van der Waals surface area contributed by atoms with E-state index in [1.54, 1.807) is 25.1 Å². The molecule has 1 amide bonds. The molecule has 1 aromatic carbocycles. The van der Waals surface area contributed by atoms with Gasteiger partial charge in [0.15, 0.2) is 0 Å². The first-order valence-electron chi connectivity index (χ1n) is 4.92. The van der Waals surface area contributed by atoms with Crippen LogP contribution in [-0.4, -0.2) is 19.1 Å². The van der Waals surface area contributed by atoms with Crippen molar-refractivity contribution in [3.63, 3.8) is 0 Å². The highest BCUT2D eigenvalue weighted by Gasteiger charge is 2.09. The van der Waals surface area contributed by atoms with E-state index in [1.807, 2.05) is 0 Å². The number of carbonyl (C=O) groups is 1. The fourth-order valence-corrected chi connectivity index (χ4v) is 1.44. The highest BCUT2D eigenvalue weighted by Crippen LogP contribution is 2.27. The van der Waals surface area contributed by atoms with E-state index in [1.165, 1.54) is 7.11 Å². The van der Waals surface area contributed by atoms with E-state index in [-0.39, 0.29) is 30.8 Å². The Hall–Kier alpha value is -0.970. The summed E-state index contributed by atoms with van der Waals surface area (Å²) in [7, 11) is 1.53. The van der Waals surface area contributed by atoms with E-state index < -0.39 is 0 Å². The second-order valence-electron chi connectivity index (χ2n) is 3.57. The van der Waals surface area contributed by atoms with Crippen molar-refractivity contribution in [2.24, 2.45) is 5.73 Å². The molecule has 1 unspecified atom stereocenters. The molecule has 17 heavy (non-hydrogen) atoms. The normalized spacial score (nSPS) is 11.3. The number of amides is 1. The average molecular weight is 279 g/mol. The summed E-state index contributed by atoms with van der Waals surface area (Å²) in [4.78, 5) is 11.5. The fourth-order valence-electron chi connectivity index (χ4n) is 1.27. The van der Waals surface area contributed by atoms with Crippen molar-refractivity contribution in [2.75, 3.05) is 12.4 Å². The molecule has 0 aliphatic carbocycles. The van der Waals surface area contributed by atoms with Gasteiger partial charge in [-0.05, 0) is 25.1 Å². The van der Waals surface area contributed by atoms with Gasteiger partial charge in [0.1, 0.15) is 5.75 Å². The van der Waals surface area contributed by atoms with Gasteiger partial charge in [-0.1, -0.05) is 11.6 Å². The maximum absolute atomic E-state index is 11.5. The second-order valence-corrected chi connectivity index (χ2v) is 4.01. The van der Waals surface area contributed by atoms with Gasteiger partial charge >= 0.3 is 0 Å². The molecule has 1 rings (SSSR count). The van der Waals surface area contributed by atoms with Gasteiger partial charge in [-0.25, -0.2) is 0 Å². The summed E-state index contributed by atoms with van der Waals surface area (Å²) in [6.07, 6.45) is 0.260. The third-order valence-electron chi connectivity index (χ3n) is 1.94. The van der Waals surface area contributed by atoms with Gasteiger partial charge in [-0.3, -0.25) is 4.79 Å². The number of rotatable bonds is 4. The Morgan fingerprint density at radius 3 is 2.76 bits per heavy atom. The first-order valence-corrected chi connectivity index (χ1v) is 5.29. The van der Waals surface area contributed by atoms with E-state index in [2.05, 4.69) is 5.32 Å². The summed E-state index contributed by atoms with van der Waals surface area (Å²) >= 11 is 5.83. The molecular weight excluding hydrogens is 263 g/mol. The van der Waals surface area contributed by atoms with Crippen LogP contribution in [0.15, 0.2) is 18.2 Å². The number of hydrogen-bond acceptors (Lipinski definition) is 3. The van der Waals surface area contributed by atoms with E-state index in [9.17, 15) is 4.79 Å². The van der Waals surface area contributed by atoms with E-state index in [0.717, 1.165) is 0 Å². The summed E-state index contributed by atoms with van der Waals surface area (Å²) < 4.78 is 5.10. The molecule has 6 heteroatoms. The van der Waals surface area contributed by atoms with Gasteiger partial charge < -0.3 is 15.8 Å². The molecule has 3 N–H and O–H groups in total. The number of methoxy groups -OCH3 is 1. The van der Waals surface area contributed by atoms with Crippen LogP contribution in [0.3, 0.4) is 0 Å². The molecule has 0 aromatic heterocycles. The van der Waals surface area contributed by atoms with Crippen molar-refractivity contribution in [3.8, 4) is 5.75 Å². The molecule has 0 radical (unpaired) electrons. The maximum atomic E-state index is 11.5. The number of anilines is 1. The molecule has 0 aliphatic heterocycles. The topological polar surface area (TPSA) is 64.3 Å². The predicted octanol–water partition coefficient (Wildman–Crippen LogP) is 2.45. The summed E-state index contributed by atoms with van der Waals surface area (Å²) in [5, 5.41) is 3.24. The lowest BCUT2D eigenvalue weighted by Gasteiger charge is -2.11. The number of nitrogens with two attached hydrogens (primary N) is 1. The maximum Gasteiger partial charge on any atom is 0.226 e. The average Bonchev–Trinajstić information content (AvgIpc) is 2.16. The van der Waals surface area contributed by atoms with Crippen molar-refractivity contribution in [2.45, 2.75) is 19.4 Å². The Bertz CT molecular complexity index is 384. The fraction of sp³-hybridized carbons (Fsp3) is 0.364. The van der Waals surface area contributed by atoms with Gasteiger partial charge in [0, 0.05) is 17.5 Å². The quantitative estimate of drug-likeness (QED) is 0.889. The first-order chi connectivity index (χ1) is 7.52. The van der Waals surface area contributed by atoms with E-state index >= 15 is 0 Å². The Morgan fingerprint density at radius 1 is 1.59 bits per heavy atom. The molecule has 0 bridgehead atoms. The second kappa shape index (κ2) is 7.37. The monoisotopic (exact) mass is 278 g/mol. The smallest absolute Gasteiger partial charge is 0.226 e. The van der Waals surface area contributed by atoms with Crippen molar-refractivity contribution >= 4 is 35.6 Å². The Morgan fingerprint density at radius 2 is 2.24 bits per heavy atom. The molecule has 0 fully saturated rings. The lowest BCUT2D eigenvalue weighted by Crippen LogP contribution is -2.24. The van der Waals surface area contributed by atoms with Crippen LogP contribution in [0.25, 0.3) is 0 Å². The SMILES string of the molecule is COc1ccc(Cl)cc1NC(=O)CC(C)N.Cl. The van der Waals surface area contributed by atoms with Gasteiger partial charge in [0.2, 0.25) is 5.91 Å². The van der Waals surface area contributed by atoms with Gasteiger partial charge in [-0.15, -0.1) is 12.4 Å². The number of ether oxygens (including phenoxy) is 1. The van der Waals surface area contributed by atoms with Crippen molar-refractivity contribution in [1.82, 2.24) is 0 Å². The summed E-state index contributed by atoms with van der Waals surface area (Å²) in [6, 6.07) is 4.86. The number of carbonyl (C=O) groups excluding carboxylic acids is 1. The first kappa shape index (κ1) is 16.0. The van der Waals surface area contributed by atoms with Crippen LogP contribution in [0, 0.1) is 0 Å². The van der Waals surface area contributed by atoms with Crippen LogP contribution in [0.2, 0.25) is 5.02 Å². The van der Waals surface area contributed by atoms with Crippen LogP contribution >= 0.6 is 24.0 Å². The number of benzene rings is 1. The number of halogens is 2. The van der Waals surface area contributed by atoms with Crippen LogP contribution in [0.4, 0.5) is 5.69 Å². The van der Waals surface area contributed by atoms with Crippen LogP contribution < -0.4 is 15.8 Å². The van der Waals surface area contributed by atoms with Crippen molar-refractivity contribution in [3.05, 3.63) is 23.2 Å². The largest absolute Gasteiger partial charge is 0.495 e. The van der Waals surface area contributed by atoms with Crippen LogP contribution in [0.1, 0.15) is 13.3 Å². The van der Waals surface area contributed by atoms with E-state index in [0.29, 0.717) is 16.5 Å². The van der Waals surface area contributed by atoms with Gasteiger partial charge in [0.25, 0.3) is 0 Å². The molecular formula is C11H16Cl2N2O2. The van der Waals surface area contributed by atoms with Gasteiger partial charge in [0.05, 0.1) is 12.8 Å². The molecule has 0 saturated carbocycles. The molecule has 0 spiro atoms. The predicted molar refractivity (Wildman–Crippen MR) is 72.1 cm³/mol. The van der Waals surface area contributed by atoms with Crippen LogP contribution in [0.5, 0.6) is 5.75 Å². The third kappa shape index (κ3) is 5.26. The Balaban J connectivity index is 0.00000256. The Labute approximate surface area is 112 Å². The zero-order valence-electron chi connectivity index (χ0n) is 9.70.